The predicted octanol–water partition coefficient (Wildman–Crippen LogP) is 1.14. The minimum absolute atomic E-state index is 0.0489. The van der Waals surface area contributed by atoms with Crippen LogP contribution in [0, 0.1) is 0 Å². The predicted molar refractivity (Wildman–Crippen MR) is 171 cm³/mol. The highest BCUT2D eigenvalue weighted by atomic mass is 16.5. The fourth-order valence-corrected chi connectivity index (χ4v) is 5.50. The van der Waals surface area contributed by atoms with Crippen LogP contribution in [0.3, 0.4) is 0 Å². The van der Waals surface area contributed by atoms with Gasteiger partial charge in [-0.3, -0.25) is 24.0 Å². The zero-order chi connectivity index (χ0) is 33.6. The van der Waals surface area contributed by atoms with Crippen molar-refractivity contribution in [1.82, 2.24) is 25.8 Å². The SMILES string of the molecule is COc1ccc2[nH]c(C(=O)N[C@@H](CC(N)=O)C(=O)N[C@@H](Cc3ccccc3)C(O)C(=O)N3CCC[C@H]3C(=O)NC(C)(C)C)cc2c1. The highest BCUT2D eigenvalue weighted by Crippen LogP contribution is 2.23. The van der Waals surface area contributed by atoms with Gasteiger partial charge >= 0.3 is 0 Å². The molecule has 1 fully saturated rings. The number of aromatic nitrogens is 1. The number of likely N-dealkylation sites (tertiary alicyclic amines) is 1. The molecule has 0 spiro atoms. The van der Waals surface area contributed by atoms with E-state index in [1.165, 1.54) is 12.0 Å². The minimum Gasteiger partial charge on any atom is -0.497 e. The second-order valence-corrected chi connectivity index (χ2v) is 12.5. The van der Waals surface area contributed by atoms with Gasteiger partial charge in [0.05, 0.1) is 19.6 Å². The molecule has 1 aliphatic heterocycles. The Morgan fingerprint density at radius 3 is 2.43 bits per heavy atom. The number of aliphatic hydroxyl groups excluding tert-OH is 1. The van der Waals surface area contributed by atoms with Gasteiger partial charge in [-0.2, -0.15) is 0 Å². The zero-order valence-corrected chi connectivity index (χ0v) is 26.5. The van der Waals surface area contributed by atoms with Gasteiger partial charge in [0.25, 0.3) is 11.8 Å². The fraction of sp³-hybridized carbons (Fsp3) is 0.424. The van der Waals surface area contributed by atoms with Crippen molar-refractivity contribution in [2.45, 2.75) is 76.2 Å². The first-order valence-electron chi connectivity index (χ1n) is 15.2. The summed E-state index contributed by atoms with van der Waals surface area (Å²) in [4.78, 5) is 69.7. The third kappa shape index (κ3) is 8.62. The molecule has 1 saturated heterocycles. The number of aromatic amines is 1. The minimum atomic E-state index is -1.74. The van der Waals surface area contributed by atoms with Crippen molar-refractivity contribution in [1.29, 1.82) is 0 Å². The molecule has 2 aromatic carbocycles. The van der Waals surface area contributed by atoms with Gasteiger partial charge in [0, 0.05) is 23.0 Å². The first-order valence-corrected chi connectivity index (χ1v) is 15.2. The summed E-state index contributed by atoms with van der Waals surface area (Å²) in [7, 11) is 1.53. The van der Waals surface area contributed by atoms with Gasteiger partial charge in [-0.05, 0) is 69.9 Å². The lowest BCUT2D eigenvalue weighted by Crippen LogP contribution is -2.59. The van der Waals surface area contributed by atoms with Crippen molar-refractivity contribution in [2.24, 2.45) is 5.73 Å². The van der Waals surface area contributed by atoms with E-state index in [-0.39, 0.29) is 24.6 Å². The number of hydrogen-bond donors (Lipinski definition) is 6. The summed E-state index contributed by atoms with van der Waals surface area (Å²) in [5.74, 6) is -2.77. The summed E-state index contributed by atoms with van der Waals surface area (Å²) in [6.07, 6.45) is -1.21. The number of methoxy groups -OCH3 is 1. The molecule has 4 atom stereocenters. The number of benzene rings is 2. The number of ether oxygens (including phenoxy) is 1. The van der Waals surface area contributed by atoms with E-state index < -0.39 is 59.8 Å². The molecule has 1 aromatic heterocycles. The number of nitrogens with two attached hydrogens (primary N) is 1. The monoisotopic (exact) mass is 634 g/mol. The summed E-state index contributed by atoms with van der Waals surface area (Å²) in [6.45, 7) is 5.77. The molecule has 46 heavy (non-hydrogen) atoms. The molecule has 13 heteroatoms. The molecule has 246 valence electrons. The van der Waals surface area contributed by atoms with Gasteiger partial charge in [-0.1, -0.05) is 30.3 Å². The molecule has 0 bridgehead atoms. The van der Waals surface area contributed by atoms with E-state index >= 15 is 0 Å². The molecule has 0 aliphatic carbocycles. The second kappa shape index (κ2) is 14.5. The molecule has 2 heterocycles. The van der Waals surface area contributed by atoms with E-state index in [0.29, 0.717) is 35.1 Å². The Kier molecular flexibility index (Phi) is 10.7. The number of carbonyl (C=O) groups excluding carboxylic acids is 5. The van der Waals surface area contributed by atoms with Gasteiger partial charge in [0.1, 0.15) is 23.5 Å². The van der Waals surface area contributed by atoms with E-state index in [9.17, 15) is 29.1 Å². The average molecular weight is 635 g/mol. The Labute approximate surface area is 267 Å². The summed E-state index contributed by atoms with van der Waals surface area (Å²) < 4.78 is 5.23. The Bertz CT molecular complexity index is 1580. The number of H-pyrrole nitrogens is 1. The van der Waals surface area contributed by atoms with Crippen LogP contribution in [0.1, 0.15) is 56.1 Å². The largest absolute Gasteiger partial charge is 0.497 e. The summed E-state index contributed by atoms with van der Waals surface area (Å²) in [6, 6.07) is 12.4. The standard InChI is InChI=1S/C33H42N6O7/c1-33(2,3)38-31(44)26-11-8-14-39(26)32(45)28(41)23(15-19-9-6-5-7-10-19)36-30(43)25(18-27(34)40)37-29(42)24-17-20-16-21(46-4)12-13-22(20)35-24/h5-7,9-10,12-13,16-17,23,25-26,28,35,41H,8,11,14-15,18H2,1-4H3,(H2,34,40)(H,36,43)(H,37,42)(H,38,44)/t23-,25-,26-,28?/m0/s1. The van der Waals surface area contributed by atoms with Crippen molar-refractivity contribution in [3.63, 3.8) is 0 Å². The quantitative estimate of drug-likeness (QED) is 0.172. The summed E-state index contributed by atoms with van der Waals surface area (Å²) >= 11 is 0. The summed E-state index contributed by atoms with van der Waals surface area (Å²) in [5.41, 5.74) is 6.42. The van der Waals surface area contributed by atoms with Crippen LogP contribution in [0.2, 0.25) is 0 Å². The van der Waals surface area contributed by atoms with Crippen LogP contribution in [-0.2, 0) is 25.6 Å². The van der Waals surface area contributed by atoms with E-state index in [0.717, 1.165) is 0 Å². The smallest absolute Gasteiger partial charge is 0.268 e. The van der Waals surface area contributed by atoms with Crippen LogP contribution in [0.5, 0.6) is 5.75 Å². The number of fused-ring (bicyclic) bond motifs is 1. The van der Waals surface area contributed by atoms with Crippen LogP contribution < -0.4 is 26.4 Å². The summed E-state index contributed by atoms with van der Waals surface area (Å²) in [5, 5.41) is 20.2. The molecule has 0 radical (unpaired) electrons. The van der Waals surface area contributed by atoms with Gasteiger partial charge in [0.2, 0.25) is 17.7 Å². The average Bonchev–Trinajstić information content (AvgIpc) is 3.66. The number of hydrogen-bond acceptors (Lipinski definition) is 7. The number of amides is 5. The van der Waals surface area contributed by atoms with Crippen LogP contribution in [0.25, 0.3) is 10.9 Å². The van der Waals surface area contributed by atoms with E-state index in [4.69, 9.17) is 10.5 Å². The molecule has 0 saturated carbocycles. The molecule has 13 nitrogen and oxygen atoms in total. The number of nitrogens with zero attached hydrogens (tertiary/aromatic N) is 1. The Morgan fingerprint density at radius 2 is 1.78 bits per heavy atom. The van der Waals surface area contributed by atoms with Gasteiger partial charge < -0.3 is 41.4 Å². The molecule has 3 aromatic rings. The second-order valence-electron chi connectivity index (χ2n) is 12.5. The molecular formula is C33H42N6O7. The molecule has 5 amide bonds. The molecule has 7 N–H and O–H groups in total. The number of rotatable bonds is 12. The van der Waals surface area contributed by atoms with Crippen molar-refractivity contribution in [3.8, 4) is 5.75 Å². The van der Waals surface area contributed by atoms with Gasteiger partial charge in [-0.25, -0.2) is 0 Å². The Hall–Kier alpha value is -4.91. The Morgan fingerprint density at radius 1 is 1.07 bits per heavy atom. The number of aliphatic hydroxyl groups is 1. The van der Waals surface area contributed by atoms with Crippen molar-refractivity contribution >= 4 is 40.4 Å². The lowest BCUT2D eigenvalue weighted by Gasteiger charge is -2.32. The lowest BCUT2D eigenvalue weighted by atomic mass is 9.99. The van der Waals surface area contributed by atoms with Crippen LogP contribution in [0.4, 0.5) is 0 Å². The van der Waals surface area contributed by atoms with Crippen molar-refractivity contribution in [3.05, 3.63) is 65.9 Å². The highest BCUT2D eigenvalue weighted by Gasteiger charge is 2.41. The highest BCUT2D eigenvalue weighted by molar-refractivity contribution is 6.01. The first-order chi connectivity index (χ1) is 21.8. The third-order valence-corrected chi connectivity index (χ3v) is 7.70. The van der Waals surface area contributed by atoms with Crippen molar-refractivity contribution in [2.75, 3.05) is 13.7 Å². The molecule has 1 aliphatic rings. The normalized spacial score (nSPS) is 16.7. The first kappa shape index (κ1) is 34.0. The molecule has 4 rings (SSSR count). The topological polar surface area (TPSA) is 196 Å². The third-order valence-electron chi connectivity index (χ3n) is 7.70. The molecule has 1 unspecified atom stereocenters. The van der Waals surface area contributed by atoms with Crippen LogP contribution >= 0.6 is 0 Å². The van der Waals surface area contributed by atoms with Crippen molar-refractivity contribution < 1.29 is 33.8 Å². The Balaban J connectivity index is 1.55. The van der Waals surface area contributed by atoms with E-state index in [1.807, 2.05) is 20.8 Å². The van der Waals surface area contributed by atoms with E-state index in [2.05, 4.69) is 20.9 Å². The maximum Gasteiger partial charge on any atom is 0.268 e. The number of primary amides is 1. The van der Waals surface area contributed by atoms with Crippen LogP contribution in [-0.4, -0.2) is 87.9 Å². The maximum absolute atomic E-state index is 13.7. The maximum atomic E-state index is 13.7. The number of carbonyl (C=O) groups is 5. The molecular weight excluding hydrogens is 592 g/mol. The zero-order valence-electron chi connectivity index (χ0n) is 26.5. The lowest BCUT2D eigenvalue weighted by molar-refractivity contribution is -0.147. The fourth-order valence-electron chi connectivity index (χ4n) is 5.50. The van der Waals surface area contributed by atoms with Gasteiger partial charge in [0.15, 0.2) is 6.10 Å². The number of nitrogens with one attached hydrogen (secondary N) is 4. The van der Waals surface area contributed by atoms with Gasteiger partial charge in [-0.15, -0.1) is 0 Å². The van der Waals surface area contributed by atoms with Crippen LogP contribution in [0.15, 0.2) is 54.6 Å². The van der Waals surface area contributed by atoms with E-state index in [1.54, 1.807) is 54.6 Å².